The van der Waals surface area contributed by atoms with E-state index in [0.717, 1.165) is 16.1 Å². The number of nitrogens with zero attached hydrogens (tertiary/aromatic N) is 2. The average Bonchev–Trinajstić information content (AvgIpc) is 3.23. The first-order valence-electron chi connectivity index (χ1n) is 8.27. The number of aromatic nitrogens is 1. The van der Waals surface area contributed by atoms with Crippen LogP contribution in [0.5, 0.6) is 0 Å². The topological polar surface area (TPSA) is 62.3 Å². The zero-order valence-corrected chi connectivity index (χ0v) is 15.0. The van der Waals surface area contributed by atoms with Crippen molar-refractivity contribution in [3.63, 3.8) is 0 Å². The summed E-state index contributed by atoms with van der Waals surface area (Å²) >= 11 is 1.50. The largest absolute Gasteiger partial charge is 0.325 e. The predicted octanol–water partition coefficient (Wildman–Crippen LogP) is 3.78. The Kier molecular flexibility index (Phi) is 4.05. The molecule has 1 aromatic heterocycles. The fourth-order valence-corrected chi connectivity index (χ4v) is 3.88. The Morgan fingerprint density at radius 3 is 2.38 bits per heavy atom. The van der Waals surface area contributed by atoms with Crippen LogP contribution < -0.4 is 5.32 Å². The van der Waals surface area contributed by atoms with Crippen LogP contribution in [0.1, 0.15) is 18.2 Å². The second kappa shape index (κ2) is 6.38. The minimum Gasteiger partial charge on any atom is -0.319 e. The molecule has 1 atom stereocenters. The summed E-state index contributed by atoms with van der Waals surface area (Å²) < 4.78 is 0. The van der Waals surface area contributed by atoms with Crippen molar-refractivity contribution in [1.82, 2.24) is 15.2 Å². The number of urea groups is 1. The van der Waals surface area contributed by atoms with Gasteiger partial charge < -0.3 is 5.32 Å². The number of nitrogens with one attached hydrogen (secondary N) is 1. The van der Waals surface area contributed by atoms with Crippen molar-refractivity contribution < 1.29 is 9.59 Å². The molecule has 5 nitrogen and oxygen atoms in total. The monoisotopic (exact) mass is 363 g/mol. The van der Waals surface area contributed by atoms with Crippen LogP contribution in [0.4, 0.5) is 4.79 Å². The van der Waals surface area contributed by atoms with Crippen LogP contribution in [0.15, 0.2) is 66.0 Å². The lowest BCUT2D eigenvalue weighted by Crippen LogP contribution is -2.40. The Bertz CT molecular complexity index is 955. The highest BCUT2D eigenvalue weighted by atomic mass is 32.1. The first-order valence-corrected chi connectivity index (χ1v) is 9.15. The van der Waals surface area contributed by atoms with Crippen molar-refractivity contribution >= 4 is 23.3 Å². The molecule has 3 amide bonds. The molecule has 1 fully saturated rings. The highest BCUT2D eigenvalue weighted by Crippen LogP contribution is 2.30. The molecule has 3 aromatic rings. The Balaban J connectivity index is 1.57. The normalized spacial score (nSPS) is 19.7. The van der Waals surface area contributed by atoms with Crippen LogP contribution in [0.2, 0.25) is 0 Å². The van der Waals surface area contributed by atoms with Gasteiger partial charge in [-0.05, 0) is 12.5 Å². The molecule has 0 radical (unpaired) electrons. The van der Waals surface area contributed by atoms with Crippen molar-refractivity contribution in [3.8, 4) is 10.6 Å². The number of carbonyl (C=O) groups excluding carboxylic acids is 2. The minimum atomic E-state index is -1.05. The van der Waals surface area contributed by atoms with E-state index in [1.54, 1.807) is 6.92 Å². The lowest BCUT2D eigenvalue weighted by atomic mass is 9.92. The van der Waals surface area contributed by atoms with Gasteiger partial charge in [-0.15, -0.1) is 11.3 Å². The standard InChI is InChI=1S/C20H17N3O2S/c1-20(15-10-6-3-7-11-15)18(24)23(19(25)22-20)12-16-13-26-17(21-16)14-8-4-2-5-9-14/h2-11,13H,12H2,1H3,(H,22,25). The molecule has 0 bridgehead atoms. The molecule has 2 heterocycles. The fraction of sp³-hybridized carbons (Fsp3) is 0.150. The zero-order chi connectivity index (χ0) is 18.1. The van der Waals surface area contributed by atoms with E-state index in [0.29, 0.717) is 5.69 Å². The highest BCUT2D eigenvalue weighted by molar-refractivity contribution is 7.13. The molecule has 0 spiro atoms. The van der Waals surface area contributed by atoms with Gasteiger partial charge in [0.05, 0.1) is 12.2 Å². The Labute approximate surface area is 155 Å². The van der Waals surface area contributed by atoms with Gasteiger partial charge in [-0.3, -0.25) is 9.69 Å². The van der Waals surface area contributed by atoms with E-state index in [2.05, 4.69) is 10.3 Å². The number of carbonyl (C=O) groups is 2. The van der Waals surface area contributed by atoms with Crippen LogP contribution in [0.3, 0.4) is 0 Å². The summed E-state index contributed by atoms with van der Waals surface area (Å²) in [4.78, 5) is 31.2. The summed E-state index contributed by atoms with van der Waals surface area (Å²) in [5.74, 6) is -0.261. The van der Waals surface area contributed by atoms with Gasteiger partial charge in [0, 0.05) is 10.9 Å². The fourth-order valence-electron chi connectivity index (χ4n) is 3.06. The molecule has 26 heavy (non-hydrogen) atoms. The van der Waals surface area contributed by atoms with Crippen LogP contribution >= 0.6 is 11.3 Å². The number of benzene rings is 2. The van der Waals surface area contributed by atoms with Crippen molar-refractivity contribution in [2.75, 3.05) is 0 Å². The molecule has 2 aromatic carbocycles. The number of amides is 3. The van der Waals surface area contributed by atoms with Gasteiger partial charge in [-0.1, -0.05) is 60.7 Å². The summed E-state index contributed by atoms with van der Waals surface area (Å²) in [7, 11) is 0. The maximum Gasteiger partial charge on any atom is 0.325 e. The molecule has 6 heteroatoms. The van der Waals surface area contributed by atoms with Gasteiger partial charge in [0.15, 0.2) is 0 Å². The number of thiazole rings is 1. The number of hydrogen-bond acceptors (Lipinski definition) is 4. The second-order valence-corrected chi connectivity index (χ2v) is 7.18. The number of rotatable bonds is 4. The van der Waals surface area contributed by atoms with Gasteiger partial charge in [-0.2, -0.15) is 0 Å². The van der Waals surface area contributed by atoms with Gasteiger partial charge >= 0.3 is 6.03 Å². The molecule has 1 N–H and O–H groups in total. The van der Waals surface area contributed by atoms with E-state index in [1.807, 2.05) is 66.0 Å². The maximum absolute atomic E-state index is 12.9. The summed E-state index contributed by atoms with van der Waals surface area (Å²) in [6.45, 7) is 1.90. The van der Waals surface area contributed by atoms with Crippen LogP contribution in [-0.4, -0.2) is 21.8 Å². The molecule has 1 aliphatic rings. The molecule has 0 aliphatic carbocycles. The molecular weight excluding hydrogens is 346 g/mol. The second-order valence-electron chi connectivity index (χ2n) is 6.32. The molecule has 1 unspecified atom stereocenters. The lowest BCUT2D eigenvalue weighted by Gasteiger charge is -2.21. The van der Waals surface area contributed by atoms with Crippen molar-refractivity contribution in [3.05, 3.63) is 77.3 Å². The smallest absolute Gasteiger partial charge is 0.319 e. The SMILES string of the molecule is CC1(c2ccccc2)NC(=O)N(Cc2csc(-c3ccccc3)n2)C1=O. The Morgan fingerprint density at radius 1 is 1.04 bits per heavy atom. The molecule has 4 rings (SSSR count). The number of imide groups is 1. The zero-order valence-electron chi connectivity index (χ0n) is 14.2. The third-order valence-corrected chi connectivity index (χ3v) is 5.46. The third kappa shape index (κ3) is 2.78. The van der Waals surface area contributed by atoms with E-state index in [9.17, 15) is 9.59 Å². The van der Waals surface area contributed by atoms with Crippen molar-refractivity contribution in [1.29, 1.82) is 0 Å². The summed E-state index contributed by atoms with van der Waals surface area (Å²) in [6.07, 6.45) is 0. The summed E-state index contributed by atoms with van der Waals surface area (Å²) in [6, 6.07) is 18.7. The van der Waals surface area contributed by atoms with Gasteiger partial charge in [-0.25, -0.2) is 9.78 Å². The van der Waals surface area contributed by atoms with E-state index in [-0.39, 0.29) is 12.5 Å². The summed E-state index contributed by atoms with van der Waals surface area (Å²) in [5, 5.41) is 5.58. The Hall–Kier alpha value is -2.99. The van der Waals surface area contributed by atoms with Crippen molar-refractivity contribution in [2.24, 2.45) is 0 Å². The first-order chi connectivity index (χ1) is 12.6. The van der Waals surface area contributed by atoms with E-state index in [1.165, 1.54) is 16.2 Å². The van der Waals surface area contributed by atoms with Crippen molar-refractivity contribution in [2.45, 2.75) is 19.0 Å². The van der Waals surface area contributed by atoms with E-state index < -0.39 is 11.6 Å². The molecular formula is C20H17N3O2S. The first kappa shape index (κ1) is 16.5. The van der Waals surface area contributed by atoms with Crippen LogP contribution in [0.25, 0.3) is 10.6 Å². The van der Waals surface area contributed by atoms with Crippen LogP contribution in [0, 0.1) is 0 Å². The maximum atomic E-state index is 12.9. The highest BCUT2D eigenvalue weighted by Gasteiger charge is 2.48. The summed E-state index contributed by atoms with van der Waals surface area (Å²) in [5.41, 5.74) is 1.45. The van der Waals surface area contributed by atoms with Gasteiger partial charge in [0.25, 0.3) is 5.91 Å². The van der Waals surface area contributed by atoms with Gasteiger partial charge in [0.2, 0.25) is 0 Å². The molecule has 130 valence electrons. The Morgan fingerprint density at radius 2 is 1.69 bits per heavy atom. The van der Waals surface area contributed by atoms with E-state index >= 15 is 0 Å². The molecule has 1 aliphatic heterocycles. The molecule has 0 saturated carbocycles. The lowest BCUT2D eigenvalue weighted by molar-refractivity contribution is -0.131. The average molecular weight is 363 g/mol. The number of hydrogen-bond donors (Lipinski definition) is 1. The third-order valence-electron chi connectivity index (χ3n) is 4.52. The van der Waals surface area contributed by atoms with Crippen LogP contribution in [-0.2, 0) is 16.9 Å². The molecule has 1 saturated heterocycles. The van der Waals surface area contributed by atoms with E-state index in [4.69, 9.17) is 0 Å². The minimum absolute atomic E-state index is 0.163. The van der Waals surface area contributed by atoms with Gasteiger partial charge in [0.1, 0.15) is 10.5 Å². The predicted molar refractivity (Wildman–Crippen MR) is 100 cm³/mol. The quantitative estimate of drug-likeness (QED) is 0.718.